The van der Waals surface area contributed by atoms with Gasteiger partial charge in [0.2, 0.25) is 0 Å². The number of hydrogen-bond acceptors (Lipinski definition) is 5. The van der Waals surface area contributed by atoms with Gasteiger partial charge in [-0.2, -0.15) is 5.26 Å². The number of ether oxygens (including phenoxy) is 1. The molecule has 166 valence electrons. The van der Waals surface area contributed by atoms with Crippen LogP contribution in [0.2, 0.25) is 0 Å². The van der Waals surface area contributed by atoms with Gasteiger partial charge in [-0.1, -0.05) is 39.8 Å². The Bertz CT molecular complexity index is 1250. The highest BCUT2D eigenvalue weighted by Gasteiger charge is 2.29. The lowest BCUT2D eigenvalue weighted by Gasteiger charge is -2.38. The largest absolute Gasteiger partial charge is 0.490 e. The molecule has 0 amide bonds. The molecule has 0 N–H and O–H groups in total. The highest BCUT2D eigenvalue weighted by Crippen LogP contribution is 2.31. The highest BCUT2D eigenvalue weighted by molar-refractivity contribution is 5.88. The average Bonchev–Trinajstić information content (AvgIpc) is 2.77. The van der Waals surface area contributed by atoms with E-state index in [2.05, 4.69) is 61.8 Å². The van der Waals surface area contributed by atoms with Crippen LogP contribution in [0.15, 0.2) is 47.3 Å². The fourth-order valence-corrected chi connectivity index (χ4v) is 4.34. The molecule has 2 atom stereocenters. The fraction of sp³-hybridized carbons (Fsp3) is 0.423. The third-order valence-electron chi connectivity index (χ3n) is 6.34. The summed E-state index contributed by atoms with van der Waals surface area (Å²) >= 11 is 0. The van der Waals surface area contributed by atoms with E-state index in [-0.39, 0.29) is 23.0 Å². The van der Waals surface area contributed by atoms with E-state index in [1.807, 2.05) is 6.07 Å². The topological polar surface area (TPSA) is 71.2 Å². The smallest absolute Gasteiger partial charge is 0.252 e. The standard InChI is InChI=1S/C26H30N4O2/c1-17-16-30(12-11-23(17)32-20-8-6-7-18(13-20)26(2,3)4)22-14-24(31)29(5)21-10-9-19(15-27)28-25(21)22/h6-10,13-14,17,23H,11-12,16H2,1-5H3/t17-,23-/m1/s1. The van der Waals surface area contributed by atoms with Gasteiger partial charge in [-0.05, 0) is 35.2 Å². The Kier molecular flexibility index (Phi) is 5.68. The van der Waals surface area contributed by atoms with E-state index in [1.165, 1.54) is 5.56 Å². The first-order chi connectivity index (χ1) is 15.2. The number of fused-ring (bicyclic) bond motifs is 1. The highest BCUT2D eigenvalue weighted by atomic mass is 16.5. The van der Waals surface area contributed by atoms with E-state index in [0.717, 1.165) is 36.5 Å². The lowest BCUT2D eigenvalue weighted by molar-refractivity contribution is 0.121. The molecule has 6 heteroatoms. The van der Waals surface area contributed by atoms with Gasteiger partial charge >= 0.3 is 0 Å². The maximum atomic E-state index is 12.6. The molecule has 1 aliphatic rings. The molecule has 6 nitrogen and oxygen atoms in total. The number of nitriles is 1. The Morgan fingerprint density at radius 2 is 1.97 bits per heavy atom. The Morgan fingerprint density at radius 3 is 2.66 bits per heavy atom. The second-order valence-corrected chi connectivity index (χ2v) is 9.75. The van der Waals surface area contributed by atoms with E-state index >= 15 is 0 Å². The molecule has 0 bridgehead atoms. The number of nitrogens with zero attached hydrogens (tertiary/aromatic N) is 4. The van der Waals surface area contributed by atoms with Crippen LogP contribution < -0.4 is 15.2 Å². The summed E-state index contributed by atoms with van der Waals surface area (Å²) in [7, 11) is 1.73. The number of anilines is 1. The zero-order valence-corrected chi connectivity index (χ0v) is 19.4. The van der Waals surface area contributed by atoms with Gasteiger partial charge in [0.15, 0.2) is 0 Å². The van der Waals surface area contributed by atoms with Gasteiger partial charge in [0.1, 0.15) is 29.1 Å². The van der Waals surface area contributed by atoms with Crippen LogP contribution >= 0.6 is 0 Å². The van der Waals surface area contributed by atoms with Crippen molar-refractivity contribution in [1.29, 1.82) is 5.26 Å². The maximum Gasteiger partial charge on any atom is 0.252 e. The van der Waals surface area contributed by atoms with Crippen molar-refractivity contribution >= 4 is 16.7 Å². The molecule has 0 aliphatic carbocycles. The summed E-state index contributed by atoms with van der Waals surface area (Å²) in [5.41, 5.74) is 3.81. The molecule has 0 radical (unpaired) electrons. The minimum absolute atomic E-state index is 0.0736. The van der Waals surface area contributed by atoms with Crippen molar-refractivity contribution in [3.63, 3.8) is 0 Å². The van der Waals surface area contributed by atoms with Crippen LogP contribution in [0.3, 0.4) is 0 Å². The van der Waals surface area contributed by atoms with Crippen LogP contribution in [0.5, 0.6) is 5.75 Å². The Hall–Kier alpha value is -3.33. The lowest BCUT2D eigenvalue weighted by Crippen LogP contribution is -2.45. The van der Waals surface area contributed by atoms with Crippen molar-refractivity contribution in [2.75, 3.05) is 18.0 Å². The van der Waals surface area contributed by atoms with Gasteiger partial charge in [0.25, 0.3) is 5.56 Å². The minimum Gasteiger partial charge on any atom is -0.490 e. The molecule has 1 fully saturated rings. The van der Waals surface area contributed by atoms with Crippen LogP contribution in [0.25, 0.3) is 11.0 Å². The summed E-state index contributed by atoms with van der Waals surface area (Å²) in [5, 5.41) is 9.30. The predicted octanol–water partition coefficient (Wildman–Crippen LogP) is 4.40. The van der Waals surface area contributed by atoms with Crippen molar-refractivity contribution < 1.29 is 4.74 Å². The summed E-state index contributed by atoms with van der Waals surface area (Å²) in [6.07, 6.45) is 0.942. The Labute approximate surface area is 189 Å². The number of pyridine rings is 2. The van der Waals surface area contributed by atoms with Crippen molar-refractivity contribution in [3.8, 4) is 11.8 Å². The van der Waals surface area contributed by atoms with Crippen LogP contribution in [-0.4, -0.2) is 28.7 Å². The number of benzene rings is 1. The van der Waals surface area contributed by atoms with E-state index in [1.54, 1.807) is 29.8 Å². The fourth-order valence-electron chi connectivity index (χ4n) is 4.34. The maximum absolute atomic E-state index is 12.6. The quantitative estimate of drug-likeness (QED) is 0.616. The summed E-state index contributed by atoms with van der Waals surface area (Å²) in [4.78, 5) is 19.3. The molecule has 1 aliphatic heterocycles. The van der Waals surface area contributed by atoms with Crippen molar-refractivity contribution in [3.05, 3.63) is 64.1 Å². The molecular weight excluding hydrogens is 400 g/mol. The zero-order chi connectivity index (χ0) is 23.0. The van der Waals surface area contributed by atoms with Crippen LogP contribution in [0.1, 0.15) is 45.4 Å². The monoisotopic (exact) mass is 430 g/mol. The number of aromatic nitrogens is 2. The molecule has 0 saturated carbocycles. The van der Waals surface area contributed by atoms with Gasteiger partial charge in [-0.3, -0.25) is 4.79 Å². The SMILES string of the molecule is C[C@@H]1CN(c2cc(=O)n(C)c3ccc(C#N)nc23)CC[C@H]1Oc1cccc(C(C)(C)C)c1. The molecule has 4 rings (SSSR count). The van der Waals surface area contributed by atoms with Crippen LogP contribution in [-0.2, 0) is 12.5 Å². The Morgan fingerprint density at radius 1 is 1.19 bits per heavy atom. The minimum atomic E-state index is -0.0796. The van der Waals surface area contributed by atoms with Crippen molar-refractivity contribution in [2.45, 2.75) is 45.6 Å². The number of hydrogen-bond donors (Lipinski definition) is 0. The third kappa shape index (κ3) is 4.20. The summed E-state index contributed by atoms with van der Waals surface area (Å²) < 4.78 is 7.98. The van der Waals surface area contributed by atoms with Gasteiger partial charge in [0.05, 0.1) is 11.2 Å². The summed E-state index contributed by atoms with van der Waals surface area (Å²) in [6.45, 7) is 10.3. The van der Waals surface area contributed by atoms with Crippen LogP contribution in [0, 0.1) is 17.2 Å². The van der Waals surface area contributed by atoms with Crippen molar-refractivity contribution in [1.82, 2.24) is 9.55 Å². The average molecular weight is 431 g/mol. The number of piperidine rings is 1. The molecule has 1 aromatic carbocycles. The van der Waals surface area contributed by atoms with E-state index in [4.69, 9.17) is 4.74 Å². The first-order valence-electron chi connectivity index (χ1n) is 11.1. The molecule has 0 spiro atoms. The van der Waals surface area contributed by atoms with Gasteiger partial charge in [0, 0.05) is 38.5 Å². The van der Waals surface area contributed by atoms with Gasteiger partial charge in [-0.25, -0.2) is 4.98 Å². The number of aryl methyl sites for hydroxylation is 1. The molecule has 3 aromatic rings. The second kappa shape index (κ2) is 8.31. The van der Waals surface area contributed by atoms with Gasteiger partial charge in [-0.15, -0.1) is 0 Å². The van der Waals surface area contributed by atoms with E-state index in [9.17, 15) is 10.1 Å². The first kappa shape index (κ1) is 21.9. The third-order valence-corrected chi connectivity index (χ3v) is 6.34. The molecular formula is C26H30N4O2. The molecule has 1 saturated heterocycles. The predicted molar refractivity (Wildman–Crippen MR) is 127 cm³/mol. The summed E-state index contributed by atoms with van der Waals surface area (Å²) in [5.74, 6) is 1.17. The zero-order valence-electron chi connectivity index (χ0n) is 19.4. The van der Waals surface area contributed by atoms with Crippen LogP contribution in [0.4, 0.5) is 5.69 Å². The second-order valence-electron chi connectivity index (χ2n) is 9.75. The van der Waals surface area contributed by atoms with E-state index in [0.29, 0.717) is 11.2 Å². The number of rotatable bonds is 3. The molecule has 2 aromatic heterocycles. The summed E-state index contributed by atoms with van der Waals surface area (Å²) in [6, 6.07) is 15.6. The molecule has 32 heavy (non-hydrogen) atoms. The molecule has 3 heterocycles. The van der Waals surface area contributed by atoms with Crippen molar-refractivity contribution in [2.24, 2.45) is 13.0 Å². The molecule has 0 unspecified atom stereocenters. The van der Waals surface area contributed by atoms with E-state index < -0.39 is 0 Å². The van der Waals surface area contributed by atoms with Gasteiger partial charge < -0.3 is 14.2 Å². The lowest BCUT2D eigenvalue weighted by atomic mass is 9.87. The first-order valence-corrected chi connectivity index (χ1v) is 11.1. The Balaban J connectivity index is 1.58. The normalized spacial score (nSPS) is 19.1.